The van der Waals surface area contributed by atoms with Crippen LogP contribution in [0.1, 0.15) is 12.5 Å². The van der Waals surface area contributed by atoms with Crippen molar-refractivity contribution >= 4 is 31.9 Å². The number of hydrogen-bond donors (Lipinski definition) is 0. The van der Waals surface area contributed by atoms with Crippen molar-refractivity contribution in [2.24, 2.45) is 4.99 Å². The van der Waals surface area contributed by atoms with Gasteiger partial charge in [0.05, 0.1) is 0 Å². The minimum absolute atomic E-state index is 0.137. The molecule has 5 heteroatoms. The molecular weight excluding hydrogens is 313 g/mol. The summed E-state index contributed by atoms with van der Waals surface area (Å²) >= 11 is 1.70. The van der Waals surface area contributed by atoms with E-state index in [1.807, 2.05) is 0 Å². The van der Waals surface area contributed by atoms with Crippen LogP contribution in [0.2, 0.25) is 0 Å². The molecule has 2 rings (SSSR count). The number of amides is 1. The Kier molecular flexibility index (Phi) is 4.53. The molecule has 0 fully saturated rings. The van der Waals surface area contributed by atoms with Gasteiger partial charge in [-0.15, -0.1) is 0 Å². The quantitative estimate of drug-likeness (QED) is 0.796. The molecule has 1 aromatic carbocycles. The molecule has 0 unspecified atom stereocenters. The van der Waals surface area contributed by atoms with Gasteiger partial charge in [-0.05, 0) is 0 Å². The van der Waals surface area contributed by atoms with E-state index in [2.05, 4.69) is 41.1 Å². The van der Waals surface area contributed by atoms with Gasteiger partial charge in [-0.3, -0.25) is 0 Å². The van der Waals surface area contributed by atoms with E-state index in [0.717, 1.165) is 3.54 Å². The monoisotopic (exact) mass is 327 g/mol. The molecule has 1 amide bonds. The summed E-state index contributed by atoms with van der Waals surface area (Å²) in [7, 11) is 0. The van der Waals surface area contributed by atoms with Crippen LogP contribution in [0.5, 0.6) is 0 Å². The summed E-state index contributed by atoms with van der Waals surface area (Å²) in [5, 5.41) is 0. The second-order valence-corrected chi connectivity index (χ2v) is 7.06. The summed E-state index contributed by atoms with van der Waals surface area (Å²) in [6, 6.07) is 8.36. The maximum atomic E-state index is 11.3. The Labute approximate surface area is 116 Å². The average Bonchev–Trinajstić information content (AvgIpc) is 2.78. The molecule has 0 spiro atoms. The third-order valence-corrected chi connectivity index (χ3v) is 5.81. The second-order valence-electron chi connectivity index (χ2n) is 3.64. The Balaban J connectivity index is 2.25. The Morgan fingerprint density at radius 1 is 1.39 bits per heavy atom. The van der Waals surface area contributed by atoms with E-state index in [1.54, 1.807) is 18.3 Å². The summed E-state index contributed by atoms with van der Waals surface area (Å²) in [5.41, 5.74) is 2.43. The van der Waals surface area contributed by atoms with Crippen LogP contribution < -0.4 is 3.54 Å². The van der Waals surface area contributed by atoms with Crippen molar-refractivity contribution in [3.05, 3.63) is 38.3 Å². The van der Waals surface area contributed by atoms with Crippen LogP contribution in [0.15, 0.2) is 34.2 Å². The molecular formula is C13H13NO2SSe. The van der Waals surface area contributed by atoms with Gasteiger partial charge in [0.25, 0.3) is 0 Å². The number of hydrogen-bond acceptors (Lipinski definition) is 3. The number of ether oxygens (including phenoxy) is 1. The fraction of sp³-hybridized carbons (Fsp3) is 0.231. The number of carbonyl (C=O) groups is 1. The van der Waals surface area contributed by atoms with Gasteiger partial charge in [0.2, 0.25) is 0 Å². The average molecular weight is 326 g/mol. The molecule has 0 saturated heterocycles. The number of rotatable bonds is 2. The van der Waals surface area contributed by atoms with Crippen molar-refractivity contribution in [2.45, 2.75) is 13.8 Å². The Bertz CT molecular complexity index is 598. The fourth-order valence-electron chi connectivity index (χ4n) is 1.37. The summed E-state index contributed by atoms with van der Waals surface area (Å²) in [5.74, 6) is 0. The van der Waals surface area contributed by atoms with Gasteiger partial charge < -0.3 is 0 Å². The third-order valence-electron chi connectivity index (χ3n) is 2.25. The molecule has 0 N–H and O–H groups in total. The van der Waals surface area contributed by atoms with Gasteiger partial charge in [-0.2, -0.15) is 0 Å². The molecule has 18 heavy (non-hydrogen) atoms. The predicted octanol–water partition coefficient (Wildman–Crippen LogP) is 2.84. The van der Waals surface area contributed by atoms with Crippen LogP contribution in [0.4, 0.5) is 4.79 Å². The number of aryl methyl sites for hydroxylation is 1. The summed E-state index contributed by atoms with van der Waals surface area (Å²) in [6.45, 7) is 4.21. The van der Waals surface area contributed by atoms with Crippen molar-refractivity contribution in [3.8, 4) is 10.4 Å². The Hall–Kier alpha value is -1.16. The molecule has 1 heterocycles. The minimum atomic E-state index is -0.486. The van der Waals surface area contributed by atoms with E-state index < -0.39 is 6.09 Å². The first-order valence-corrected chi connectivity index (χ1v) is 8.22. The van der Waals surface area contributed by atoms with Crippen LogP contribution in [-0.4, -0.2) is 27.2 Å². The van der Waals surface area contributed by atoms with Gasteiger partial charge in [0, 0.05) is 0 Å². The molecule has 2 aromatic rings. The first-order chi connectivity index (χ1) is 8.69. The molecule has 0 aliphatic rings. The molecule has 0 saturated carbocycles. The SMILES string of the molecule is CCOC(=O)/N=c1/sc(-c2ccc(C)cc2)c[se]1. The van der Waals surface area contributed by atoms with Crippen LogP contribution in [0.3, 0.4) is 0 Å². The summed E-state index contributed by atoms with van der Waals surface area (Å²) in [4.78, 5) is 18.5. The van der Waals surface area contributed by atoms with E-state index in [4.69, 9.17) is 4.74 Å². The van der Waals surface area contributed by atoms with E-state index in [1.165, 1.54) is 16.0 Å². The van der Waals surface area contributed by atoms with Crippen molar-refractivity contribution in [1.82, 2.24) is 0 Å². The summed E-state index contributed by atoms with van der Waals surface area (Å²) < 4.78 is 5.67. The van der Waals surface area contributed by atoms with Crippen molar-refractivity contribution in [2.75, 3.05) is 6.61 Å². The Morgan fingerprint density at radius 3 is 2.78 bits per heavy atom. The standard InChI is InChI=1S/C13H13NO2SSe/c1-3-16-12(15)14-13-17-11(8-18-13)10-6-4-9(2)5-7-10/h4-8H,3H2,1-2H3/b14-13-. The van der Waals surface area contributed by atoms with Crippen molar-refractivity contribution < 1.29 is 9.53 Å². The van der Waals surface area contributed by atoms with Crippen LogP contribution in [0.25, 0.3) is 10.4 Å². The number of benzene rings is 1. The van der Waals surface area contributed by atoms with Crippen molar-refractivity contribution in [1.29, 1.82) is 0 Å². The zero-order chi connectivity index (χ0) is 13.0. The van der Waals surface area contributed by atoms with Gasteiger partial charge >= 0.3 is 116 Å². The van der Waals surface area contributed by atoms with E-state index in [9.17, 15) is 4.79 Å². The first kappa shape index (κ1) is 13.3. The zero-order valence-electron chi connectivity index (χ0n) is 10.2. The molecule has 3 nitrogen and oxygen atoms in total. The van der Waals surface area contributed by atoms with E-state index >= 15 is 0 Å². The van der Waals surface area contributed by atoms with Crippen LogP contribution in [-0.2, 0) is 4.74 Å². The molecule has 0 radical (unpaired) electrons. The number of carbonyl (C=O) groups excluding carboxylic acids is 1. The van der Waals surface area contributed by atoms with Gasteiger partial charge in [-0.1, -0.05) is 0 Å². The van der Waals surface area contributed by atoms with E-state index in [-0.39, 0.29) is 14.5 Å². The molecule has 0 aliphatic carbocycles. The summed E-state index contributed by atoms with van der Waals surface area (Å²) in [6.07, 6.45) is -0.486. The van der Waals surface area contributed by atoms with Gasteiger partial charge in [-0.25, -0.2) is 0 Å². The predicted molar refractivity (Wildman–Crippen MR) is 74.0 cm³/mol. The molecule has 0 aliphatic heterocycles. The molecule has 94 valence electrons. The molecule has 0 bridgehead atoms. The maximum absolute atomic E-state index is 11.3. The second kappa shape index (κ2) is 6.14. The third kappa shape index (κ3) is 3.42. The van der Waals surface area contributed by atoms with Gasteiger partial charge in [0.1, 0.15) is 0 Å². The number of nitrogens with zero attached hydrogens (tertiary/aromatic N) is 1. The van der Waals surface area contributed by atoms with Gasteiger partial charge in [0.15, 0.2) is 0 Å². The molecule has 1 aromatic heterocycles. The molecule has 0 atom stereocenters. The normalized spacial score (nSPS) is 11.6. The fourth-order valence-corrected chi connectivity index (χ4v) is 4.69. The van der Waals surface area contributed by atoms with Crippen LogP contribution >= 0.6 is 11.3 Å². The van der Waals surface area contributed by atoms with E-state index in [0.29, 0.717) is 6.61 Å². The van der Waals surface area contributed by atoms with Crippen LogP contribution in [0, 0.1) is 6.92 Å². The Morgan fingerprint density at radius 2 is 2.11 bits per heavy atom. The zero-order valence-corrected chi connectivity index (χ0v) is 12.7. The van der Waals surface area contributed by atoms with Crippen molar-refractivity contribution in [3.63, 3.8) is 0 Å². The first-order valence-electron chi connectivity index (χ1n) is 5.56. The topological polar surface area (TPSA) is 38.7 Å².